The fourth-order valence-electron chi connectivity index (χ4n) is 4.12. The topological polar surface area (TPSA) is 131 Å². The van der Waals surface area contributed by atoms with E-state index in [0.29, 0.717) is 0 Å². The quantitative estimate of drug-likeness (QED) is 0.226. The first-order chi connectivity index (χ1) is 19.0. The predicted octanol–water partition coefficient (Wildman–Crippen LogP) is 3.54. The van der Waals surface area contributed by atoms with Crippen LogP contribution in [-0.2, 0) is 14.2 Å². The summed E-state index contributed by atoms with van der Waals surface area (Å²) in [6, 6.07) is 13.3. The minimum absolute atomic E-state index is 0.0360. The first-order valence-corrected chi connectivity index (χ1v) is 11.9. The Labute approximate surface area is 224 Å². The number of hydrogen-bond acceptors (Lipinski definition) is 9. The summed E-state index contributed by atoms with van der Waals surface area (Å²) in [6.45, 7) is 3.19. The predicted molar refractivity (Wildman–Crippen MR) is 138 cm³/mol. The number of nitrogens with two attached hydrogens (primary N) is 1. The van der Waals surface area contributed by atoms with Gasteiger partial charge in [0.25, 0.3) is 0 Å². The van der Waals surface area contributed by atoms with Gasteiger partial charge in [-0.15, -0.1) is 6.42 Å². The maximum Gasteiger partial charge on any atom is 0.338 e. The molecule has 0 saturated carbocycles. The number of terminal acetylenes is 1. The molecule has 198 valence electrons. The van der Waals surface area contributed by atoms with Crippen molar-refractivity contribution in [1.82, 2.24) is 19.5 Å². The number of aryl methyl sites for hydroxylation is 2. The van der Waals surface area contributed by atoms with Crippen molar-refractivity contribution in [2.75, 3.05) is 12.3 Å². The molecule has 10 nitrogen and oxygen atoms in total. The molecule has 2 aromatic heterocycles. The minimum atomic E-state index is -2.11. The van der Waals surface area contributed by atoms with Crippen LogP contribution in [0.5, 0.6) is 0 Å². The van der Waals surface area contributed by atoms with Crippen molar-refractivity contribution in [3.8, 4) is 12.3 Å². The minimum Gasteiger partial charge on any atom is -0.458 e. The van der Waals surface area contributed by atoms with E-state index in [0.717, 1.165) is 15.7 Å². The number of fused-ring (bicyclic) bond motifs is 1. The molecule has 5 rings (SSSR count). The second kappa shape index (κ2) is 10.2. The highest BCUT2D eigenvalue weighted by molar-refractivity contribution is 5.90. The second-order valence-electron chi connectivity index (χ2n) is 9.10. The molecule has 0 aliphatic carbocycles. The highest BCUT2D eigenvalue weighted by Gasteiger charge is 2.52. The molecule has 1 aliphatic rings. The maximum atomic E-state index is 14.0. The second-order valence-corrected chi connectivity index (χ2v) is 9.10. The van der Waals surface area contributed by atoms with Crippen molar-refractivity contribution >= 4 is 28.9 Å². The van der Waals surface area contributed by atoms with E-state index in [1.54, 1.807) is 48.5 Å². The van der Waals surface area contributed by atoms with Crippen molar-refractivity contribution < 1.29 is 29.6 Å². The first-order valence-electron chi connectivity index (χ1n) is 12.4. The lowest BCUT2D eigenvalue weighted by atomic mass is 9.98. The van der Waals surface area contributed by atoms with E-state index in [2.05, 4.69) is 20.9 Å². The Balaban J connectivity index is 1.50. The summed E-state index contributed by atoms with van der Waals surface area (Å²) in [6.07, 6.45) is 2.23. The summed E-state index contributed by atoms with van der Waals surface area (Å²) < 4.78 is 41.6. The number of halogens is 1. The van der Waals surface area contributed by atoms with E-state index < -0.39 is 42.5 Å². The summed E-state index contributed by atoms with van der Waals surface area (Å²) in [4.78, 5) is 37.1. The van der Waals surface area contributed by atoms with Crippen LogP contribution in [-0.4, -0.2) is 49.8 Å². The van der Waals surface area contributed by atoms with Crippen molar-refractivity contribution in [2.45, 2.75) is 38.2 Å². The zero-order chi connectivity index (χ0) is 28.7. The van der Waals surface area contributed by atoms with Crippen molar-refractivity contribution in [1.29, 1.82) is 0 Å². The van der Waals surface area contributed by atoms with Gasteiger partial charge < -0.3 is 19.9 Å². The van der Waals surface area contributed by atoms with Crippen LogP contribution in [0, 0.1) is 32.3 Å². The van der Waals surface area contributed by atoms with Crippen molar-refractivity contribution in [3.05, 3.63) is 83.2 Å². The van der Waals surface area contributed by atoms with Gasteiger partial charge in [-0.1, -0.05) is 41.3 Å². The molecular weight excluding hydrogens is 505 g/mol. The molecule has 2 N–H and O–H groups in total. The molecular formula is C28H24FN5O5. The SMILES string of the molecule is [2H][C@]1(n2cnc3c(N)nc(F)nc32)C[C@H](OC(=O)c2ccc(C)cc2)[C@@](C#C)(COC(=O)c2ccc(C)cc2)O1. The standard InChI is InChI=1S/C28H24FN5O5/c1-4-28(14-37-25(35)18-9-5-16(2)6-10-18)20(38-26(36)19-11-7-17(3)8-12-19)13-21(39-28)34-15-31-22-23(30)32-27(29)33-24(22)34/h1,5-12,15,20-21H,13-14H2,2-3H3,(H2,30,32,33)/t20-,21+,28+/m0/s1/i21D. The van der Waals surface area contributed by atoms with Crippen molar-refractivity contribution in [2.24, 2.45) is 0 Å². The smallest absolute Gasteiger partial charge is 0.338 e. The number of rotatable bonds is 6. The monoisotopic (exact) mass is 530 g/mol. The number of anilines is 1. The number of aromatic nitrogens is 4. The Morgan fingerprint density at radius 2 is 1.77 bits per heavy atom. The number of carbonyl (C=O) groups excluding carboxylic acids is 2. The van der Waals surface area contributed by atoms with E-state index >= 15 is 0 Å². The number of ether oxygens (including phenoxy) is 3. The van der Waals surface area contributed by atoms with Crippen LogP contribution in [0.15, 0.2) is 54.9 Å². The molecule has 0 radical (unpaired) electrons. The molecule has 1 aliphatic heterocycles. The molecule has 2 aromatic carbocycles. The van der Waals surface area contributed by atoms with E-state index in [4.69, 9.17) is 27.7 Å². The Hall–Kier alpha value is -4.82. The highest BCUT2D eigenvalue weighted by Crippen LogP contribution is 2.40. The number of esters is 2. The van der Waals surface area contributed by atoms with Crippen LogP contribution in [0.1, 0.15) is 45.8 Å². The van der Waals surface area contributed by atoms with Crippen molar-refractivity contribution in [3.63, 3.8) is 0 Å². The largest absolute Gasteiger partial charge is 0.458 e. The normalized spacial score (nSPS) is 22.7. The number of imidazole rings is 1. The molecule has 3 atom stereocenters. The molecule has 4 aromatic rings. The van der Waals surface area contributed by atoms with Crippen LogP contribution >= 0.6 is 0 Å². The Bertz CT molecular complexity index is 1650. The molecule has 39 heavy (non-hydrogen) atoms. The van der Waals surface area contributed by atoms with Crippen LogP contribution in [0.3, 0.4) is 0 Å². The number of nitrogens with zero attached hydrogens (tertiary/aromatic N) is 4. The lowest BCUT2D eigenvalue weighted by molar-refractivity contribution is -0.0967. The van der Waals surface area contributed by atoms with Gasteiger partial charge in [0.05, 0.1) is 18.8 Å². The molecule has 0 spiro atoms. The molecule has 3 heterocycles. The molecule has 1 fully saturated rings. The van der Waals surface area contributed by atoms with Gasteiger partial charge in [-0.3, -0.25) is 4.57 Å². The average molecular weight is 531 g/mol. The highest BCUT2D eigenvalue weighted by atomic mass is 19.1. The van der Waals surface area contributed by atoms with Crippen LogP contribution < -0.4 is 5.73 Å². The third-order valence-corrected chi connectivity index (χ3v) is 6.33. The van der Waals surface area contributed by atoms with Gasteiger partial charge >= 0.3 is 18.0 Å². The fourth-order valence-corrected chi connectivity index (χ4v) is 4.12. The third-order valence-electron chi connectivity index (χ3n) is 6.33. The van der Waals surface area contributed by atoms with Crippen LogP contribution in [0.2, 0.25) is 0 Å². The Kier molecular flexibility index (Phi) is 6.38. The van der Waals surface area contributed by atoms with E-state index in [-0.39, 0.29) is 34.5 Å². The number of nitrogen functional groups attached to an aromatic ring is 1. The van der Waals surface area contributed by atoms with Gasteiger partial charge in [0, 0.05) is 6.42 Å². The van der Waals surface area contributed by atoms with Gasteiger partial charge in [0.2, 0.25) is 5.60 Å². The molecule has 0 bridgehead atoms. The third kappa shape index (κ3) is 5.02. The van der Waals surface area contributed by atoms with Crippen LogP contribution in [0.4, 0.5) is 10.2 Å². The van der Waals surface area contributed by atoms with Gasteiger partial charge in [-0.25, -0.2) is 14.6 Å². The summed E-state index contributed by atoms with van der Waals surface area (Å²) >= 11 is 0. The number of carbonyl (C=O) groups is 2. The van der Waals surface area contributed by atoms with E-state index in [9.17, 15) is 14.0 Å². The molecule has 11 heteroatoms. The Morgan fingerprint density at radius 3 is 2.38 bits per heavy atom. The van der Waals surface area contributed by atoms with Gasteiger partial charge in [-0.2, -0.15) is 14.4 Å². The number of benzene rings is 2. The maximum absolute atomic E-state index is 14.0. The lowest BCUT2D eigenvalue weighted by Crippen LogP contribution is -2.45. The van der Waals surface area contributed by atoms with E-state index in [1.165, 1.54) is 6.33 Å². The first kappa shape index (κ1) is 24.5. The molecule has 0 unspecified atom stereocenters. The van der Waals surface area contributed by atoms with Gasteiger partial charge in [0.1, 0.15) is 12.8 Å². The van der Waals surface area contributed by atoms with Gasteiger partial charge in [-0.05, 0) is 38.1 Å². The zero-order valence-electron chi connectivity index (χ0n) is 22.1. The summed E-state index contributed by atoms with van der Waals surface area (Å²) in [5.41, 5.74) is 6.19. The Morgan fingerprint density at radius 1 is 1.15 bits per heavy atom. The average Bonchev–Trinajstić information content (AvgIpc) is 3.48. The fraction of sp³-hybridized carbons (Fsp3) is 0.250. The van der Waals surface area contributed by atoms with Crippen LogP contribution in [0.25, 0.3) is 11.2 Å². The zero-order valence-corrected chi connectivity index (χ0v) is 21.1. The number of hydrogen-bond donors (Lipinski definition) is 1. The molecule has 0 amide bonds. The summed E-state index contributed by atoms with van der Waals surface area (Å²) in [5, 5.41) is 0. The van der Waals surface area contributed by atoms with E-state index in [1.807, 2.05) is 13.8 Å². The molecule has 1 saturated heterocycles. The lowest BCUT2D eigenvalue weighted by Gasteiger charge is -2.28. The van der Waals surface area contributed by atoms with Gasteiger partial charge in [0.15, 0.2) is 23.1 Å². The summed E-state index contributed by atoms with van der Waals surface area (Å²) in [7, 11) is 0. The summed E-state index contributed by atoms with van der Waals surface area (Å²) in [5.74, 6) is 0.779.